The van der Waals surface area contributed by atoms with Gasteiger partial charge >= 0.3 is 0 Å². The number of carbonyl (C=O) groups is 2. The van der Waals surface area contributed by atoms with E-state index in [1.807, 2.05) is 11.9 Å². The Morgan fingerprint density at radius 1 is 1.13 bits per heavy atom. The zero-order valence-corrected chi connectivity index (χ0v) is 18.2. The Morgan fingerprint density at radius 2 is 1.97 bits per heavy atom. The maximum atomic E-state index is 13.2. The Hall–Kier alpha value is -2.24. The Balaban J connectivity index is 1.38. The molecule has 3 aliphatic carbocycles. The Bertz CT molecular complexity index is 886. The molecular weight excluding hydrogens is 376 g/mol. The second-order valence-corrected chi connectivity index (χ2v) is 10.4. The first-order valence-corrected chi connectivity index (χ1v) is 11.4. The molecule has 1 N–H and O–H groups in total. The van der Waals surface area contributed by atoms with Gasteiger partial charge in [-0.3, -0.25) is 14.6 Å². The lowest BCUT2D eigenvalue weighted by Gasteiger charge is -2.60. The van der Waals surface area contributed by atoms with E-state index in [1.54, 1.807) is 24.7 Å². The van der Waals surface area contributed by atoms with Crippen molar-refractivity contribution in [3.05, 3.63) is 30.7 Å². The van der Waals surface area contributed by atoms with Crippen molar-refractivity contribution >= 4 is 17.6 Å². The van der Waals surface area contributed by atoms with Crippen LogP contribution in [-0.4, -0.2) is 39.8 Å². The van der Waals surface area contributed by atoms with Crippen LogP contribution in [0.2, 0.25) is 0 Å². The van der Waals surface area contributed by atoms with Crippen molar-refractivity contribution in [3.8, 4) is 0 Å². The molecule has 2 unspecified atom stereocenters. The van der Waals surface area contributed by atoms with Crippen molar-refractivity contribution in [2.45, 2.75) is 58.4 Å². The molecule has 0 saturated heterocycles. The van der Waals surface area contributed by atoms with Gasteiger partial charge in [-0.1, -0.05) is 19.9 Å². The van der Waals surface area contributed by atoms with Crippen LogP contribution in [0, 0.1) is 34.5 Å². The van der Waals surface area contributed by atoms with Crippen molar-refractivity contribution in [3.63, 3.8) is 0 Å². The number of nitrogens with zero attached hydrogens (tertiary/aromatic N) is 3. The molecule has 1 aliphatic heterocycles. The minimum atomic E-state index is 0.0298. The van der Waals surface area contributed by atoms with Gasteiger partial charge in [-0.05, 0) is 67.8 Å². The number of carbonyl (C=O) groups excluding carboxylic acids is 2. The number of nitrogens with one attached hydrogen (secondary N) is 1. The summed E-state index contributed by atoms with van der Waals surface area (Å²) in [5.74, 6) is 2.59. The highest BCUT2D eigenvalue weighted by molar-refractivity contribution is 5.92. The summed E-state index contributed by atoms with van der Waals surface area (Å²) < 4.78 is 0. The highest BCUT2D eigenvalue weighted by atomic mass is 16.2. The molecule has 0 bridgehead atoms. The molecule has 2 amide bonds. The van der Waals surface area contributed by atoms with Gasteiger partial charge in [0.05, 0.1) is 6.20 Å². The van der Waals surface area contributed by atoms with Crippen LogP contribution in [0.1, 0.15) is 52.4 Å². The maximum Gasteiger partial charge on any atom is 0.246 e. The lowest BCUT2D eigenvalue weighted by atomic mass is 9.47. The normalized spacial score (nSPS) is 42.3. The fraction of sp³-hybridized carbons (Fsp3) is 0.667. The molecule has 1 aromatic rings. The first-order chi connectivity index (χ1) is 14.3. The highest BCUT2D eigenvalue weighted by Gasteiger charge is 2.61. The Kier molecular flexibility index (Phi) is 4.53. The van der Waals surface area contributed by atoms with E-state index in [2.05, 4.69) is 35.2 Å². The third kappa shape index (κ3) is 2.75. The standard InChI is InChI=1S/C24H32N4O2/c1-23-10-8-17-15(4-7-19-24(17,2)11-9-21(29)28(19)3)16(23)5-6-18(23)22(30)27-20-14-25-12-13-26-20/h9,11-19H,4-8,10H2,1-3H3,(H,26,27,30)/t15-,16-,17+,18?,19?,23-,24+/m0/s1. The van der Waals surface area contributed by atoms with Crippen molar-refractivity contribution in [2.75, 3.05) is 12.4 Å². The lowest BCUT2D eigenvalue weighted by molar-refractivity contribution is -0.141. The van der Waals surface area contributed by atoms with Gasteiger partial charge in [0.2, 0.25) is 11.8 Å². The molecule has 7 atom stereocenters. The van der Waals surface area contributed by atoms with Gasteiger partial charge in [0.15, 0.2) is 5.82 Å². The van der Waals surface area contributed by atoms with E-state index in [4.69, 9.17) is 0 Å². The number of hydrogen-bond donors (Lipinski definition) is 1. The molecule has 1 aromatic heterocycles. The van der Waals surface area contributed by atoms with Gasteiger partial charge in [-0.15, -0.1) is 0 Å². The van der Waals surface area contributed by atoms with Crippen LogP contribution in [0.3, 0.4) is 0 Å². The van der Waals surface area contributed by atoms with Gasteiger partial charge in [0.25, 0.3) is 0 Å². The highest BCUT2D eigenvalue weighted by Crippen LogP contribution is 2.65. The SMILES string of the molecule is CN1C(=O)C=C[C@@]2(C)C1CC[C@@H]1[C@H]2CC[C@]2(C)C(C(=O)Nc3cnccn3)CC[C@@H]12. The Morgan fingerprint density at radius 3 is 2.73 bits per heavy atom. The third-order valence-corrected chi connectivity index (χ3v) is 9.26. The molecule has 0 spiro atoms. The summed E-state index contributed by atoms with van der Waals surface area (Å²) >= 11 is 0. The van der Waals surface area contributed by atoms with Crippen LogP contribution < -0.4 is 5.32 Å². The average Bonchev–Trinajstić information content (AvgIpc) is 3.09. The third-order valence-electron chi connectivity index (χ3n) is 9.26. The Labute approximate surface area is 178 Å². The van der Waals surface area contributed by atoms with Gasteiger partial charge in [0, 0.05) is 36.8 Å². The van der Waals surface area contributed by atoms with E-state index >= 15 is 0 Å². The van der Waals surface area contributed by atoms with Crippen LogP contribution >= 0.6 is 0 Å². The lowest BCUT2D eigenvalue weighted by Crippen LogP contribution is -2.59. The molecular formula is C24H32N4O2. The van der Waals surface area contributed by atoms with Gasteiger partial charge in [0.1, 0.15) is 0 Å². The van der Waals surface area contributed by atoms with E-state index in [1.165, 1.54) is 0 Å². The fourth-order valence-electron chi connectivity index (χ4n) is 7.75. The van der Waals surface area contributed by atoms with Crippen molar-refractivity contribution in [1.82, 2.24) is 14.9 Å². The summed E-state index contributed by atoms with van der Waals surface area (Å²) in [5, 5.41) is 3.01. The molecule has 160 valence electrons. The number of rotatable bonds is 2. The largest absolute Gasteiger partial charge is 0.338 e. The maximum absolute atomic E-state index is 13.2. The summed E-state index contributed by atoms with van der Waals surface area (Å²) in [6.07, 6.45) is 15.3. The van der Waals surface area contributed by atoms with Gasteiger partial charge in [-0.25, -0.2) is 4.98 Å². The predicted molar refractivity (Wildman–Crippen MR) is 114 cm³/mol. The van der Waals surface area contributed by atoms with E-state index in [9.17, 15) is 9.59 Å². The first-order valence-electron chi connectivity index (χ1n) is 11.4. The van der Waals surface area contributed by atoms with Crippen molar-refractivity contribution in [2.24, 2.45) is 34.5 Å². The summed E-state index contributed by atoms with van der Waals surface area (Å²) in [4.78, 5) is 35.7. The van der Waals surface area contributed by atoms with E-state index < -0.39 is 0 Å². The zero-order valence-electron chi connectivity index (χ0n) is 18.2. The number of hydrogen-bond acceptors (Lipinski definition) is 4. The molecule has 3 fully saturated rings. The first kappa shape index (κ1) is 19.7. The monoisotopic (exact) mass is 408 g/mol. The van der Waals surface area contributed by atoms with Crippen molar-refractivity contribution < 1.29 is 9.59 Å². The summed E-state index contributed by atoms with van der Waals surface area (Å²) in [5.41, 5.74) is 0.0869. The molecule has 0 radical (unpaired) electrons. The molecule has 2 heterocycles. The average molecular weight is 409 g/mol. The van der Waals surface area contributed by atoms with E-state index in [0.29, 0.717) is 29.6 Å². The molecule has 30 heavy (non-hydrogen) atoms. The summed E-state index contributed by atoms with van der Waals surface area (Å²) in [6, 6.07) is 0.303. The second kappa shape index (κ2) is 6.89. The molecule has 3 saturated carbocycles. The van der Waals surface area contributed by atoms with Crippen LogP contribution in [0.5, 0.6) is 0 Å². The summed E-state index contributed by atoms with van der Waals surface area (Å²) in [7, 11) is 1.96. The fourth-order valence-corrected chi connectivity index (χ4v) is 7.75. The van der Waals surface area contributed by atoms with Crippen LogP contribution in [-0.2, 0) is 9.59 Å². The van der Waals surface area contributed by atoms with E-state index in [-0.39, 0.29) is 28.6 Å². The number of amides is 2. The molecule has 4 aliphatic rings. The number of fused-ring (bicyclic) bond motifs is 5. The predicted octanol–water partition coefficient (Wildman–Crippen LogP) is 3.67. The minimum absolute atomic E-state index is 0.0298. The number of likely N-dealkylation sites (N-methyl/N-ethyl adjacent to an activating group) is 1. The van der Waals surface area contributed by atoms with Crippen LogP contribution in [0.4, 0.5) is 5.82 Å². The minimum Gasteiger partial charge on any atom is -0.338 e. The summed E-state index contributed by atoms with van der Waals surface area (Å²) in [6.45, 7) is 4.71. The molecule has 0 aromatic carbocycles. The van der Waals surface area contributed by atoms with Crippen LogP contribution in [0.25, 0.3) is 0 Å². The smallest absolute Gasteiger partial charge is 0.246 e. The molecule has 6 heteroatoms. The second-order valence-electron chi connectivity index (χ2n) is 10.4. The quantitative estimate of drug-likeness (QED) is 0.810. The number of anilines is 1. The topological polar surface area (TPSA) is 75.2 Å². The molecule has 6 nitrogen and oxygen atoms in total. The van der Waals surface area contributed by atoms with Crippen LogP contribution in [0.15, 0.2) is 30.7 Å². The van der Waals surface area contributed by atoms with Gasteiger partial charge in [-0.2, -0.15) is 0 Å². The zero-order chi connectivity index (χ0) is 21.1. The van der Waals surface area contributed by atoms with E-state index in [0.717, 1.165) is 38.5 Å². The molecule has 5 rings (SSSR count). The van der Waals surface area contributed by atoms with Crippen molar-refractivity contribution in [1.29, 1.82) is 0 Å². The number of aromatic nitrogens is 2. The van der Waals surface area contributed by atoms with Gasteiger partial charge < -0.3 is 10.2 Å².